The van der Waals surface area contributed by atoms with Crippen LogP contribution in [0.3, 0.4) is 0 Å². The van der Waals surface area contributed by atoms with E-state index in [0.717, 1.165) is 30.8 Å². The van der Waals surface area contributed by atoms with E-state index >= 15 is 0 Å². The molecule has 0 bridgehead atoms. The van der Waals surface area contributed by atoms with E-state index < -0.39 is 0 Å². The predicted octanol–water partition coefficient (Wildman–Crippen LogP) is 0.470. The normalized spacial score (nSPS) is 22.2. The summed E-state index contributed by atoms with van der Waals surface area (Å²) in [7, 11) is 3.90. The van der Waals surface area contributed by atoms with Crippen LogP contribution in [0.25, 0.3) is 0 Å². The molecule has 1 saturated carbocycles. The summed E-state index contributed by atoms with van der Waals surface area (Å²) in [6.07, 6.45) is 4.42. The quantitative estimate of drug-likeness (QED) is 0.822. The van der Waals surface area contributed by atoms with Gasteiger partial charge in [0.05, 0.1) is 5.54 Å². The van der Waals surface area contributed by atoms with E-state index in [9.17, 15) is 0 Å². The topological polar surface area (TPSA) is 58.3 Å². The third kappa shape index (κ3) is 1.84. The van der Waals surface area contributed by atoms with Gasteiger partial charge in [-0.2, -0.15) is 4.98 Å². The molecule has 0 radical (unpaired) electrons. The lowest BCUT2D eigenvalue weighted by Crippen LogP contribution is -2.69. The van der Waals surface area contributed by atoms with Gasteiger partial charge < -0.3 is 15.5 Å². The Labute approximate surface area is 102 Å². The van der Waals surface area contributed by atoms with E-state index in [-0.39, 0.29) is 5.54 Å². The van der Waals surface area contributed by atoms with Gasteiger partial charge in [0.25, 0.3) is 0 Å². The SMILES string of the molecule is CN(C)c1nccc(N2CC(N)(C3CC3)C2)n1. The minimum atomic E-state index is 0.0449. The van der Waals surface area contributed by atoms with Gasteiger partial charge in [0, 0.05) is 33.4 Å². The number of nitrogens with two attached hydrogens (primary N) is 1. The molecule has 1 aliphatic heterocycles. The van der Waals surface area contributed by atoms with Crippen molar-refractivity contribution in [3.05, 3.63) is 12.3 Å². The molecule has 2 N–H and O–H groups in total. The van der Waals surface area contributed by atoms with Gasteiger partial charge in [-0.15, -0.1) is 0 Å². The van der Waals surface area contributed by atoms with Crippen molar-refractivity contribution in [1.29, 1.82) is 0 Å². The second-order valence-electron chi connectivity index (χ2n) is 5.47. The largest absolute Gasteiger partial charge is 0.353 e. The molecule has 0 spiro atoms. The molecule has 3 rings (SSSR count). The molecule has 2 aliphatic rings. The monoisotopic (exact) mass is 233 g/mol. The first-order chi connectivity index (χ1) is 8.08. The van der Waals surface area contributed by atoms with Crippen LogP contribution in [0.2, 0.25) is 0 Å². The molecule has 5 nitrogen and oxygen atoms in total. The van der Waals surface area contributed by atoms with Crippen LogP contribution in [0.1, 0.15) is 12.8 Å². The molecular weight excluding hydrogens is 214 g/mol. The Morgan fingerprint density at radius 1 is 1.41 bits per heavy atom. The van der Waals surface area contributed by atoms with Crippen molar-refractivity contribution in [2.45, 2.75) is 18.4 Å². The van der Waals surface area contributed by atoms with Crippen molar-refractivity contribution >= 4 is 11.8 Å². The molecular formula is C12H19N5. The lowest BCUT2D eigenvalue weighted by molar-refractivity contribution is 0.289. The zero-order valence-corrected chi connectivity index (χ0v) is 10.4. The molecule has 0 unspecified atom stereocenters. The first kappa shape index (κ1) is 10.8. The molecule has 2 fully saturated rings. The highest BCUT2D eigenvalue weighted by Crippen LogP contribution is 2.43. The van der Waals surface area contributed by atoms with Crippen LogP contribution in [0.4, 0.5) is 11.8 Å². The molecule has 1 saturated heterocycles. The fourth-order valence-electron chi connectivity index (χ4n) is 2.47. The van der Waals surface area contributed by atoms with Gasteiger partial charge in [-0.3, -0.25) is 0 Å². The average molecular weight is 233 g/mol. The maximum Gasteiger partial charge on any atom is 0.226 e. The highest BCUT2D eigenvalue weighted by molar-refractivity contribution is 5.48. The summed E-state index contributed by atoms with van der Waals surface area (Å²) in [5, 5.41) is 0. The summed E-state index contributed by atoms with van der Waals surface area (Å²) < 4.78 is 0. The summed E-state index contributed by atoms with van der Waals surface area (Å²) in [5.41, 5.74) is 6.38. The third-order valence-electron chi connectivity index (χ3n) is 3.71. The minimum absolute atomic E-state index is 0.0449. The molecule has 5 heteroatoms. The Kier molecular flexibility index (Phi) is 2.26. The third-order valence-corrected chi connectivity index (χ3v) is 3.71. The Hall–Kier alpha value is -1.36. The number of aromatic nitrogens is 2. The van der Waals surface area contributed by atoms with E-state index in [4.69, 9.17) is 5.73 Å². The van der Waals surface area contributed by atoms with Crippen LogP contribution in [-0.2, 0) is 0 Å². The maximum absolute atomic E-state index is 6.34. The van der Waals surface area contributed by atoms with Crippen LogP contribution < -0.4 is 15.5 Å². The van der Waals surface area contributed by atoms with E-state index in [1.807, 2.05) is 31.3 Å². The molecule has 0 atom stereocenters. The number of rotatable bonds is 3. The van der Waals surface area contributed by atoms with Crippen molar-refractivity contribution in [3.8, 4) is 0 Å². The molecule has 1 aromatic heterocycles. The highest BCUT2D eigenvalue weighted by atomic mass is 15.3. The minimum Gasteiger partial charge on any atom is -0.353 e. The number of hydrogen-bond acceptors (Lipinski definition) is 5. The smallest absolute Gasteiger partial charge is 0.226 e. The van der Waals surface area contributed by atoms with Crippen molar-refractivity contribution in [2.24, 2.45) is 11.7 Å². The van der Waals surface area contributed by atoms with Crippen molar-refractivity contribution < 1.29 is 0 Å². The summed E-state index contributed by atoms with van der Waals surface area (Å²) in [5.74, 6) is 2.49. The average Bonchev–Trinajstić information content (AvgIpc) is 3.09. The van der Waals surface area contributed by atoms with Gasteiger partial charge in [-0.05, 0) is 24.8 Å². The van der Waals surface area contributed by atoms with E-state index in [0.29, 0.717) is 0 Å². The molecule has 1 aromatic rings. The molecule has 0 amide bonds. The van der Waals surface area contributed by atoms with Crippen LogP contribution >= 0.6 is 0 Å². The molecule has 1 aliphatic carbocycles. The standard InChI is InChI=1S/C12H19N5/c1-16(2)11-14-6-5-10(15-11)17-7-12(13,8-17)9-3-4-9/h5-6,9H,3-4,7-8,13H2,1-2H3. The Morgan fingerprint density at radius 3 is 2.71 bits per heavy atom. The van der Waals surface area contributed by atoms with Gasteiger partial charge in [-0.25, -0.2) is 4.98 Å². The van der Waals surface area contributed by atoms with Crippen LogP contribution in [0.15, 0.2) is 12.3 Å². The molecule has 0 aromatic carbocycles. The molecule has 17 heavy (non-hydrogen) atoms. The summed E-state index contributed by atoms with van der Waals surface area (Å²) in [6.45, 7) is 1.86. The van der Waals surface area contributed by atoms with Crippen molar-refractivity contribution in [2.75, 3.05) is 37.0 Å². The lowest BCUT2D eigenvalue weighted by atomic mass is 9.86. The summed E-state index contributed by atoms with van der Waals surface area (Å²) >= 11 is 0. The summed E-state index contributed by atoms with van der Waals surface area (Å²) in [6, 6.07) is 1.96. The van der Waals surface area contributed by atoms with E-state index in [1.54, 1.807) is 0 Å². The lowest BCUT2D eigenvalue weighted by Gasteiger charge is -2.49. The molecule has 92 valence electrons. The van der Waals surface area contributed by atoms with Crippen LogP contribution in [0.5, 0.6) is 0 Å². The fourth-order valence-corrected chi connectivity index (χ4v) is 2.47. The zero-order valence-electron chi connectivity index (χ0n) is 10.4. The second-order valence-corrected chi connectivity index (χ2v) is 5.47. The van der Waals surface area contributed by atoms with Gasteiger partial charge in [0.15, 0.2) is 0 Å². The van der Waals surface area contributed by atoms with Crippen molar-refractivity contribution in [3.63, 3.8) is 0 Å². The first-order valence-corrected chi connectivity index (χ1v) is 6.13. The van der Waals surface area contributed by atoms with E-state index in [2.05, 4.69) is 14.9 Å². The highest BCUT2D eigenvalue weighted by Gasteiger charge is 2.50. The number of anilines is 2. The van der Waals surface area contributed by atoms with Crippen molar-refractivity contribution in [1.82, 2.24) is 9.97 Å². The zero-order chi connectivity index (χ0) is 12.0. The fraction of sp³-hybridized carbons (Fsp3) is 0.667. The Morgan fingerprint density at radius 2 is 2.12 bits per heavy atom. The maximum atomic E-state index is 6.34. The first-order valence-electron chi connectivity index (χ1n) is 6.13. The Balaban J connectivity index is 1.71. The predicted molar refractivity (Wildman–Crippen MR) is 68.2 cm³/mol. The second kappa shape index (κ2) is 3.57. The van der Waals surface area contributed by atoms with Crippen LogP contribution in [0, 0.1) is 5.92 Å². The van der Waals surface area contributed by atoms with Gasteiger partial charge >= 0.3 is 0 Å². The number of nitrogens with zero attached hydrogens (tertiary/aromatic N) is 4. The van der Waals surface area contributed by atoms with Gasteiger partial charge in [0.2, 0.25) is 5.95 Å². The number of hydrogen-bond donors (Lipinski definition) is 1. The van der Waals surface area contributed by atoms with Gasteiger partial charge in [-0.1, -0.05) is 0 Å². The Bertz CT molecular complexity index is 421. The van der Waals surface area contributed by atoms with Gasteiger partial charge in [0.1, 0.15) is 5.82 Å². The molecule has 2 heterocycles. The van der Waals surface area contributed by atoms with Crippen LogP contribution in [-0.4, -0.2) is 42.7 Å². The summed E-state index contributed by atoms with van der Waals surface area (Å²) in [4.78, 5) is 12.9. The van der Waals surface area contributed by atoms with E-state index in [1.165, 1.54) is 12.8 Å².